The van der Waals surface area contributed by atoms with Gasteiger partial charge in [0.15, 0.2) is 0 Å². The summed E-state index contributed by atoms with van der Waals surface area (Å²) >= 11 is 0. The van der Waals surface area contributed by atoms with Crippen LogP contribution in [0.25, 0.3) is 0 Å². The average Bonchev–Trinajstić information content (AvgIpc) is 3.36. The fraction of sp³-hybridized carbons (Fsp3) is 0.588. The molecule has 4 nitrogen and oxygen atoms in total. The standard InChI is InChI=1S/C17H24N2O2/c20-17(21-13-14-6-2-1-3-7-14)19-11-5-4-8-16(19)12-18-15-9-10-15/h1-3,6-7,15-16,18H,4-5,8-13H2. The number of rotatable bonds is 5. The molecular weight excluding hydrogens is 264 g/mol. The minimum absolute atomic E-state index is 0.166. The van der Waals surface area contributed by atoms with Gasteiger partial charge in [-0.3, -0.25) is 0 Å². The van der Waals surface area contributed by atoms with Crippen LogP contribution in [0.2, 0.25) is 0 Å². The van der Waals surface area contributed by atoms with Gasteiger partial charge in [-0.1, -0.05) is 30.3 Å². The smallest absolute Gasteiger partial charge is 0.410 e. The highest BCUT2D eigenvalue weighted by atomic mass is 16.6. The molecule has 4 heteroatoms. The van der Waals surface area contributed by atoms with E-state index < -0.39 is 0 Å². The third-order valence-corrected chi connectivity index (χ3v) is 4.29. The van der Waals surface area contributed by atoms with Crippen LogP contribution in [0, 0.1) is 0 Å². The van der Waals surface area contributed by atoms with Crippen molar-refractivity contribution >= 4 is 6.09 Å². The van der Waals surface area contributed by atoms with Gasteiger partial charge >= 0.3 is 6.09 Å². The molecule has 1 N–H and O–H groups in total. The molecule has 0 bridgehead atoms. The normalized spacial score (nSPS) is 22.1. The number of benzene rings is 1. The number of hydrogen-bond acceptors (Lipinski definition) is 3. The van der Waals surface area contributed by atoms with E-state index in [1.807, 2.05) is 35.2 Å². The van der Waals surface area contributed by atoms with E-state index in [1.54, 1.807) is 0 Å². The number of hydrogen-bond donors (Lipinski definition) is 1. The van der Waals surface area contributed by atoms with Gasteiger partial charge in [0.2, 0.25) is 0 Å². The van der Waals surface area contributed by atoms with Crippen LogP contribution in [0.1, 0.15) is 37.7 Å². The van der Waals surface area contributed by atoms with Crippen LogP contribution >= 0.6 is 0 Å². The van der Waals surface area contributed by atoms with Crippen LogP contribution in [0.5, 0.6) is 0 Å². The molecule has 2 aliphatic rings. The Balaban J connectivity index is 1.50. The summed E-state index contributed by atoms with van der Waals surface area (Å²) in [5.41, 5.74) is 1.04. The molecule has 3 rings (SSSR count). The summed E-state index contributed by atoms with van der Waals surface area (Å²) < 4.78 is 5.48. The van der Waals surface area contributed by atoms with Crippen molar-refractivity contribution in [2.24, 2.45) is 0 Å². The maximum absolute atomic E-state index is 12.3. The van der Waals surface area contributed by atoms with Crippen LogP contribution < -0.4 is 5.32 Å². The van der Waals surface area contributed by atoms with Crippen LogP contribution in [-0.2, 0) is 11.3 Å². The molecular formula is C17H24N2O2. The van der Waals surface area contributed by atoms with E-state index in [-0.39, 0.29) is 6.09 Å². The fourth-order valence-electron chi connectivity index (χ4n) is 2.85. The number of ether oxygens (including phenoxy) is 1. The monoisotopic (exact) mass is 288 g/mol. The Bertz CT molecular complexity index is 459. The number of amides is 1. The first-order valence-corrected chi connectivity index (χ1v) is 8.03. The van der Waals surface area contributed by atoms with Crippen molar-refractivity contribution < 1.29 is 9.53 Å². The van der Waals surface area contributed by atoms with Crippen molar-refractivity contribution in [3.8, 4) is 0 Å². The lowest BCUT2D eigenvalue weighted by Crippen LogP contribution is -2.49. The largest absolute Gasteiger partial charge is 0.445 e. The molecule has 1 aromatic rings. The molecule has 2 fully saturated rings. The molecule has 0 spiro atoms. The van der Waals surface area contributed by atoms with Crippen molar-refractivity contribution in [1.29, 1.82) is 0 Å². The highest BCUT2D eigenvalue weighted by Crippen LogP contribution is 2.22. The molecule has 1 unspecified atom stereocenters. The van der Waals surface area contributed by atoms with Gasteiger partial charge in [0.05, 0.1) is 0 Å². The summed E-state index contributed by atoms with van der Waals surface area (Å²) in [6.45, 7) is 2.09. The summed E-state index contributed by atoms with van der Waals surface area (Å²) in [7, 11) is 0. The predicted molar refractivity (Wildman–Crippen MR) is 82.0 cm³/mol. The first kappa shape index (κ1) is 14.4. The Morgan fingerprint density at radius 1 is 1.19 bits per heavy atom. The zero-order valence-corrected chi connectivity index (χ0v) is 12.5. The third kappa shape index (κ3) is 4.21. The highest BCUT2D eigenvalue weighted by Gasteiger charge is 2.29. The molecule has 21 heavy (non-hydrogen) atoms. The summed E-state index contributed by atoms with van der Waals surface area (Å²) in [5.74, 6) is 0. The van der Waals surface area contributed by atoms with E-state index in [9.17, 15) is 4.79 Å². The van der Waals surface area contributed by atoms with Gasteiger partial charge in [-0.05, 0) is 37.7 Å². The topological polar surface area (TPSA) is 41.6 Å². The molecule has 114 valence electrons. The van der Waals surface area contributed by atoms with Crippen LogP contribution in [-0.4, -0.2) is 36.2 Å². The van der Waals surface area contributed by atoms with Crippen molar-refractivity contribution in [2.75, 3.05) is 13.1 Å². The Kier molecular flexibility index (Phi) is 4.76. The summed E-state index contributed by atoms with van der Waals surface area (Å²) in [5, 5.41) is 3.54. The average molecular weight is 288 g/mol. The first-order chi connectivity index (χ1) is 10.3. The number of likely N-dealkylation sites (tertiary alicyclic amines) is 1. The van der Waals surface area contributed by atoms with E-state index in [1.165, 1.54) is 19.3 Å². The number of carbonyl (C=O) groups is 1. The lowest BCUT2D eigenvalue weighted by atomic mass is 10.0. The molecule has 1 amide bonds. The van der Waals surface area contributed by atoms with Crippen LogP contribution in [0.15, 0.2) is 30.3 Å². The molecule has 0 radical (unpaired) electrons. The lowest BCUT2D eigenvalue weighted by molar-refractivity contribution is 0.0678. The molecule has 0 aromatic heterocycles. The SMILES string of the molecule is O=C(OCc1ccccc1)N1CCCCC1CNC1CC1. The quantitative estimate of drug-likeness (QED) is 0.905. The zero-order chi connectivity index (χ0) is 14.5. The van der Waals surface area contributed by atoms with E-state index >= 15 is 0 Å². The van der Waals surface area contributed by atoms with E-state index in [2.05, 4.69) is 5.32 Å². The van der Waals surface area contributed by atoms with Crippen molar-refractivity contribution in [3.05, 3.63) is 35.9 Å². The Morgan fingerprint density at radius 2 is 2.00 bits per heavy atom. The van der Waals surface area contributed by atoms with Gasteiger partial charge in [-0.2, -0.15) is 0 Å². The van der Waals surface area contributed by atoms with E-state index in [0.717, 1.165) is 31.5 Å². The molecule has 1 aliphatic heterocycles. The van der Waals surface area contributed by atoms with Gasteiger partial charge in [-0.25, -0.2) is 4.79 Å². The molecule has 1 saturated heterocycles. The van der Waals surface area contributed by atoms with Crippen LogP contribution in [0.3, 0.4) is 0 Å². The Hall–Kier alpha value is -1.55. The summed E-state index contributed by atoms with van der Waals surface area (Å²) in [6.07, 6.45) is 5.78. The minimum Gasteiger partial charge on any atom is -0.445 e. The Labute approximate surface area is 126 Å². The highest BCUT2D eigenvalue weighted by molar-refractivity contribution is 5.68. The maximum Gasteiger partial charge on any atom is 0.410 e. The zero-order valence-electron chi connectivity index (χ0n) is 12.5. The fourth-order valence-corrected chi connectivity index (χ4v) is 2.85. The van der Waals surface area contributed by atoms with Gasteiger partial charge in [0, 0.05) is 25.2 Å². The Morgan fingerprint density at radius 3 is 2.76 bits per heavy atom. The van der Waals surface area contributed by atoms with E-state index in [4.69, 9.17) is 4.74 Å². The van der Waals surface area contributed by atoms with Crippen molar-refractivity contribution in [1.82, 2.24) is 10.2 Å². The van der Waals surface area contributed by atoms with Crippen molar-refractivity contribution in [2.45, 2.75) is 50.8 Å². The first-order valence-electron chi connectivity index (χ1n) is 8.03. The molecule has 1 aliphatic carbocycles. The molecule has 1 heterocycles. The second-order valence-electron chi connectivity index (χ2n) is 6.07. The number of piperidine rings is 1. The van der Waals surface area contributed by atoms with Crippen molar-refractivity contribution in [3.63, 3.8) is 0 Å². The van der Waals surface area contributed by atoms with Gasteiger partial charge in [0.1, 0.15) is 6.61 Å². The summed E-state index contributed by atoms with van der Waals surface area (Å²) in [6, 6.07) is 10.8. The second kappa shape index (κ2) is 6.94. The maximum atomic E-state index is 12.3. The van der Waals surface area contributed by atoms with Gasteiger partial charge in [-0.15, -0.1) is 0 Å². The predicted octanol–water partition coefficient (Wildman–Crippen LogP) is 2.93. The van der Waals surface area contributed by atoms with Gasteiger partial charge < -0.3 is 15.0 Å². The van der Waals surface area contributed by atoms with Gasteiger partial charge in [0.25, 0.3) is 0 Å². The lowest BCUT2D eigenvalue weighted by Gasteiger charge is -2.35. The summed E-state index contributed by atoms with van der Waals surface area (Å²) in [4.78, 5) is 14.2. The number of nitrogens with zero attached hydrogens (tertiary/aromatic N) is 1. The number of carbonyl (C=O) groups excluding carboxylic acids is 1. The third-order valence-electron chi connectivity index (χ3n) is 4.29. The van der Waals surface area contributed by atoms with E-state index in [0.29, 0.717) is 18.7 Å². The molecule has 1 aromatic carbocycles. The molecule has 1 atom stereocenters. The molecule has 1 saturated carbocycles. The second-order valence-corrected chi connectivity index (χ2v) is 6.07. The minimum atomic E-state index is -0.166. The van der Waals surface area contributed by atoms with Crippen LogP contribution in [0.4, 0.5) is 4.79 Å². The number of nitrogens with one attached hydrogen (secondary N) is 1.